The summed E-state index contributed by atoms with van der Waals surface area (Å²) < 4.78 is 4.56. The van der Waals surface area contributed by atoms with Gasteiger partial charge in [0.1, 0.15) is 3.70 Å². The average molecular weight is 454 g/mol. The van der Waals surface area contributed by atoms with Crippen molar-refractivity contribution in [2.24, 2.45) is 14.1 Å². The van der Waals surface area contributed by atoms with Crippen LogP contribution in [0.25, 0.3) is 21.8 Å². The van der Waals surface area contributed by atoms with E-state index in [-0.39, 0.29) is 0 Å². The topological polar surface area (TPSA) is 83.2 Å². The van der Waals surface area contributed by atoms with Crippen LogP contribution in [-0.2, 0) is 14.1 Å². The molecule has 0 N–H and O–H groups in total. The third-order valence-electron chi connectivity index (χ3n) is 4.10. The normalized spacial score (nSPS) is 10.2. The number of aromatic nitrogens is 4. The SMILES string of the molecule is Cc1nn(C)c2cc(C#N)ccc12.Cn1nc(I)c2ccc(C#N)cc21. The number of benzene rings is 2. The molecule has 0 aliphatic heterocycles. The maximum absolute atomic E-state index is 8.72. The van der Waals surface area contributed by atoms with Crippen LogP contribution in [-0.4, -0.2) is 19.6 Å². The van der Waals surface area contributed by atoms with Gasteiger partial charge in [-0.3, -0.25) is 9.36 Å². The minimum Gasteiger partial charge on any atom is -0.268 e. The van der Waals surface area contributed by atoms with Crippen LogP contribution < -0.4 is 0 Å². The molecule has 0 unspecified atom stereocenters. The molecule has 26 heavy (non-hydrogen) atoms. The molecule has 0 amide bonds. The van der Waals surface area contributed by atoms with Crippen molar-refractivity contribution < 1.29 is 0 Å². The molecule has 0 radical (unpaired) electrons. The highest BCUT2D eigenvalue weighted by Crippen LogP contribution is 2.20. The molecule has 6 nitrogen and oxygen atoms in total. The van der Waals surface area contributed by atoms with E-state index in [2.05, 4.69) is 44.9 Å². The van der Waals surface area contributed by atoms with Crippen LogP contribution in [0.1, 0.15) is 16.8 Å². The van der Waals surface area contributed by atoms with Gasteiger partial charge in [0.15, 0.2) is 0 Å². The van der Waals surface area contributed by atoms with E-state index in [0.29, 0.717) is 11.1 Å². The summed E-state index contributed by atoms with van der Waals surface area (Å²) in [7, 11) is 3.77. The van der Waals surface area contributed by atoms with Gasteiger partial charge in [-0.2, -0.15) is 20.7 Å². The molecule has 0 saturated heterocycles. The zero-order valence-corrected chi connectivity index (χ0v) is 16.7. The van der Waals surface area contributed by atoms with Crippen LogP contribution >= 0.6 is 22.6 Å². The molecule has 2 aromatic carbocycles. The Hall–Kier alpha value is -2.91. The summed E-state index contributed by atoms with van der Waals surface area (Å²) in [5, 5.41) is 28.2. The molecular formula is C19H15IN6. The molecule has 0 bridgehead atoms. The fourth-order valence-electron chi connectivity index (χ4n) is 2.79. The molecule has 128 valence electrons. The Morgan fingerprint density at radius 2 is 1.35 bits per heavy atom. The Morgan fingerprint density at radius 3 is 1.92 bits per heavy atom. The molecular weight excluding hydrogens is 439 g/mol. The fourth-order valence-corrected chi connectivity index (χ4v) is 3.57. The summed E-state index contributed by atoms with van der Waals surface area (Å²) in [6.07, 6.45) is 0. The Labute approximate surface area is 164 Å². The van der Waals surface area contributed by atoms with Gasteiger partial charge in [-0.25, -0.2) is 0 Å². The predicted molar refractivity (Wildman–Crippen MR) is 108 cm³/mol. The van der Waals surface area contributed by atoms with E-state index in [1.54, 1.807) is 9.36 Å². The largest absolute Gasteiger partial charge is 0.268 e. The lowest BCUT2D eigenvalue weighted by atomic mass is 10.1. The minimum absolute atomic E-state index is 0.673. The summed E-state index contributed by atoms with van der Waals surface area (Å²) in [4.78, 5) is 0. The smallest absolute Gasteiger partial charge is 0.131 e. The molecule has 4 rings (SSSR count). The molecule has 0 spiro atoms. The molecule has 4 aromatic rings. The standard InChI is InChI=1S/C10H9N3.C9H6IN3/c1-7-9-4-3-8(6-11)5-10(9)13(2)12-7;1-13-8-4-6(5-11)2-3-7(8)9(10)12-13/h3-5H,1-2H3;2-4H,1H3. The van der Waals surface area contributed by atoms with Gasteiger partial charge in [-0.1, -0.05) is 0 Å². The number of aryl methyl sites for hydroxylation is 3. The average Bonchev–Trinajstić information content (AvgIpc) is 3.10. The van der Waals surface area contributed by atoms with Crippen molar-refractivity contribution in [3.8, 4) is 12.1 Å². The predicted octanol–water partition coefficient (Wildman–Crippen LogP) is 3.80. The Balaban J connectivity index is 0.000000151. The van der Waals surface area contributed by atoms with Crippen molar-refractivity contribution in [1.29, 1.82) is 10.5 Å². The Morgan fingerprint density at radius 1 is 0.846 bits per heavy atom. The van der Waals surface area contributed by atoms with Gasteiger partial charge in [0.2, 0.25) is 0 Å². The summed E-state index contributed by atoms with van der Waals surface area (Å²) >= 11 is 2.19. The maximum Gasteiger partial charge on any atom is 0.131 e. The number of nitriles is 2. The summed E-state index contributed by atoms with van der Waals surface area (Å²) in [5.41, 5.74) is 4.37. The first-order valence-electron chi connectivity index (χ1n) is 7.80. The van der Waals surface area contributed by atoms with Crippen LogP contribution in [0.4, 0.5) is 0 Å². The first kappa shape index (κ1) is 17.9. The van der Waals surface area contributed by atoms with E-state index in [1.165, 1.54) is 0 Å². The number of halogens is 1. The van der Waals surface area contributed by atoms with Crippen LogP contribution in [0.15, 0.2) is 36.4 Å². The Bertz CT molecular complexity index is 1110. The molecule has 0 atom stereocenters. The van der Waals surface area contributed by atoms with Gasteiger partial charge in [-0.15, -0.1) is 0 Å². The van der Waals surface area contributed by atoms with Gasteiger partial charge < -0.3 is 0 Å². The van der Waals surface area contributed by atoms with Crippen LogP contribution in [0.2, 0.25) is 0 Å². The fraction of sp³-hybridized carbons (Fsp3) is 0.158. The van der Waals surface area contributed by atoms with Crippen molar-refractivity contribution >= 4 is 44.4 Å². The first-order chi connectivity index (χ1) is 12.4. The van der Waals surface area contributed by atoms with E-state index in [0.717, 1.165) is 31.2 Å². The van der Waals surface area contributed by atoms with E-state index >= 15 is 0 Å². The van der Waals surface area contributed by atoms with E-state index in [1.807, 2.05) is 57.4 Å². The first-order valence-corrected chi connectivity index (χ1v) is 8.88. The third kappa shape index (κ3) is 3.26. The molecule has 2 heterocycles. The van der Waals surface area contributed by atoms with Gasteiger partial charge in [0.05, 0.1) is 40.0 Å². The monoisotopic (exact) mass is 454 g/mol. The highest BCUT2D eigenvalue weighted by Gasteiger charge is 2.06. The lowest BCUT2D eigenvalue weighted by molar-refractivity contribution is 0.783. The van der Waals surface area contributed by atoms with Gasteiger partial charge in [0.25, 0.3) is 0 Å². The second-order valence-corrected chi connectivity index (χ2v) is 6.83. The molecule has 7 heteroatoms. The lowest BCUT2D eigenvalue weighted by Crippen LogP contribution is -1.89. The minimum atomic E-state index is 0.673. The molecule has 0 saturated carbocycles. The van der Waals surface area contributed by atoms with E-state index in [9.17, 15) is 0 Å². The number of hydrogen-bond donors (Lipinski definition) is 0. The molecule has 2 aromatic heterocycles. The summed E-state index contributed by atoms with van der Waals surface area (Å²) in [5.74, 6) is 0. The number of nitrogens with zero attached hydrogens (tertiary/aromatic N) is 6. The van der Waals surface area contributed by atoms with Crippen LogP contribution in [0.3, 0.4) is 0 Å². The van der Waals surface area contributed by atoms with Gasteiger partial charge in [0, 0.05) is 24.9 Å². The Kier molecular flexibility index (Phi) is 4.92. The van der Waals surface area contributed by atoms with Crippen molar-refractivity contribution in [2.75, 3.05) is 0 Å². The zero-order valence-electron chi connectivity index (χ0n) is 14.5. The molecule has 0 aliphatic carbocycles. The summed E-state index contributed by atoms with van der Waals surface area (Å²) in [6, 6.07) is 15.4. The number of rotatable bonds is 0. The van der Waals surface area contributed by atoms with Crippen LogP contribution in [0, 0.1) is 33.3 Å². The van der Waals surface area contributed by atoms with Crippen molar-refractivity contribution in [3.05, 3.63) is 56.9 Å². The van der Waals surface area contributed by atoms with Crippen molar-refractivity contribution in [2.45, 2.75) is 6.92 Å². The highest BCUT2D eigenvalue weighted by atomic mass is 127. The zero-order chi connectivity index (χ0) is 18.8. The quantitative estimate of drug-likeness (QED) is 0.379. The highest BCUT2D eigenvalue weighted by molar-refractivity contribution is 14.1. The second-order valence-electron chi connectivity index (χ2n) is 5.81. The number of fused-ring (bicyclic) bond motifs is 2. The lowest BCUT2D eigenvalue weighted by Gasteiger charge is -1.93. The third-order valence-corrected chi connectivity index (χ3v) is 4.90. The maximum atomic E-state index is 8.72. The molecule has 0 fully saturated rings. The summed E-state index contributed by atoms with van der Waals surface area (Å²) in [6.45, 7) is 1.97. The number of hydrogen-bond acceptors (Lipinski definition) is 4. The second kappa shape index (κ2) is 7.14. The van der Waals surface area contributed by atoms with Crippen LogP contribution in [0.5, 0.6) is 0 Å². The van der Waals surface area contributed by atoms with E-state index < -0.39 is 0 Å². The van der Waals surface area contributed by atoms with Gasteiger partial charge in [-0.05, 0) is 65.9 Å². The van der Waals surface area contributed by atoms with Gasteiger partial charge >= 0.3 is 0 Å². The molecule has 0 aliphatic rings. The van der Waals surface area contributed by atoms with Crippen molar-refractivity contribution in [3.63, 3.8) is 0 Å². The van der Waals surface area contributed by atoms with Crippen molar-refractivity contribution in [1.82, 2.24) is 19.6 Å². The van der Waals surface area contributed by atoms with E-state index in [4.69, 9.17) is 10.5 Å².